The van der Waals surface area contributed by atoms with Crippen molar-refractivity contribution in [1.82, 2.24) is 0 Å². The molecule has 0 amide bonds. The highest BCUT2D eigenvalue weighted by atomic mass is 16.6. The lowest BCUT2D eigenvalue weighted by atomic mass is 10.2. The molecular formula is C12H19N3O3. The molecule has 0 spiro atoms. The van der Waals surface area contributed by atoms with Gasteiger partial charge in [0, 0.05) is 36.7 Å². The Hall–Kier alpha value is -1.82. The van der Waals surface area contributed by atoms with Crippen LogP contribution in [0, 0.1) is 10.1 Å². The maximum atomic E-state index is 10.7. The van der Waals surface area contributed by atoms with Crippen LogP contribution in [0.3, 0.4) is 0 Å². The average molecular weight is 253 g/mol. The second-order valence-electron chi connectivity index (χ2n) is 4.13. The molecule has 1 aromatic rings. The molecule has 0 saturated heterocycles. The highest BCUT2D eigenvalue weighted by molar-refractivity contribution is 5.61. The van der Waals surface area contributed by atoms with E-state index < -0.39 is 4.92 Å². The van der Waals surface area contributed by atoms with Gasteiger partial charge in [0.2, 0.25) is 0 Å². The van der Waals surface area contributed by atoms with E-state index in [4.69, 9.17) is 10.8 Å². The molecule has 0 atom stereocenters. The van der Waals surface area contributed by atoms with Crippen molar-refractivity contribution in [2.45, 2.75) is 25.7 Å². The van der Waals surface area contributed by atoms with E-state index >= 15 is 0 Å². The largest absolute Gasteiger partial charge is 0.398 e. The number of hydrogen-bond acceptors (Lipinski definition) is 5. The predicted molar refractivity (Wildman–Crippen MR) is 71.6 cm³/mol. The number of nitrogens with zero attached hydrogens (tertiary/aromatic N) is 1. The summed E-state index contributed by atoms with van der Waals surface area (Å²) in [4.78, 5) is 10.2. The molecule has 4 N–H and O–H groups in total. The Balaban J connectivity index is 2.40. The van der Waals surface area contributed by atoms with Crippen LogP contribution in [0.1, 0.15) is 25.7 Å². The molecular weight excluding hydrogens is 234 g/mol. The first-order valence-corrected chi connectivity index (χ1v) is 6.03. The first kappa shape index (κ1) is 14.2. The fraction of sp³-hybridized carbons (Fsp3) is 0.500. The number of non-ortho nitro benzene ring substituents is 1. The molecule has 6 heteroatoms. The summed E-state index contributed by atoms with van der Waals surface area (Å²) in [6, 6.07) is 4.50. The number of hydrogen-bond donors (Lipinski definition) is 3. The van der Waals surface area contributed by atoms with Crippen LogP contribution in [0.15, 0.2) is 18.2 Å². The molecule has 0 heterocycles. The number of nitrogens with one attached hydrogen (secondary N) is 1. The third kappa shape index (κ3) is 5.01. The summed E-state index contributed by atoms with van der Waals surface area (Å²) in [6.07, 6.45) is 3.81. The van der Waals surface area contributed by atoms with Gasteiger partial charge in [0.15, 0.2) is 0 Å². The number of nitrogens with two attached hydrogens (primary N) is 1. The van der Waals surface area contributed by atoms with Gasteiger partial charge >= 0.3 is 0 Å². The Bertz CT molecular complexity index is 396. The molecule has 18 heavy (non-hydrogen) atoms. The molecule has 0 fully saturated rings. The standard InChI is InChI=1S/C12H19N3O3/c13-10-7-11(9-12(8-10)15(17)18)14-5-3-1-2-4-6-16/h7-9,14,16H,1-6,13H2. The zero-order valence-electron chi connectivity index (χ0n) is 10.3. The fourth-order valence-electron chi connectivity index (χ4n) is 1.67. The van der Waals surface area contributed by atoms with Crippen molar-refractivity contribution in [2.24, 2.45) is 0 Å². The summed E-state index contributed by atoms with van der Waals surface area (Å²) < 4.78 is 0. The lowest BCUT2D eigenvalue weighted by molar-refractivity contribution is -0.384. The topological polar surface area (TPSA) is 101 Å². The van der Waals surface area contributed by atoms with Crippen LogP contribution in [0.5, 0.6) is 0 Å². The maximum absolute atomic E-state index is 10.7. The van der Waals surface area contributed by atoms with E-state index in [2.05, 4.69) is 5.32 Å². The highest BCUT2D eigenvalue weighted by Gasteiger charge is 2.07. The molecule has 0 aliphatic rings. The number of anilines is 2. The molecule has 0 unspecified atom stereocenters. The number of aliphatic hydroxyl groups excluding tert-OH is 1. The Labute approximate surface area is 106 Å². The summed E-state index contributed by atoms with van der Waals surface area (Å²) in [7, 11) is 0. The lowest BCUT2D eigenvalue weighted by Crippen LogP contribution is -2.03. The number of benzene rings is 1. The van der Waals surface area contributed by atoms with E-state index in [1.165, 1.54) is 12.1 Å². The number of nitrogen functional groups attached to an aromatic ring is 1. The lowest BCUT2D eigenvalue weighted by Gasteiger charge is -2.07. The molecule has 0 aliphatic carbocycles. The average Bonchev–Trinajstić information content (AvgIpc) is 2.33. The van der Waals surface area contributed by atoms with Gasteiger partial charge in [0.05, 0.1) is 4.92 Å². The first-order chi connectivity index (χ1) is 8.63. The Morgan fingerprint density at radius 2 is 1.94 bits per heavy atom. The second kappa shape index (κ2) is 7.50. The third-order valence-electron chi connectivity index (χ3n) is 2.56. The van der Waals surface area contributed by atoms with E-state index in [0.29, 0.717) is 11.4 Å². The van der Waals surface area contributed by atoms with Crippen LogP contribution >= 0.6 is 0 Å². The zero-order valence-corrected chi connectivity index (χ0v) is 10.3. The summed E-state index contributed by atoms with van der Waals surface area (Å²) in [6.45, 7) is 0.973. The van der Waals surface area contributed by atoms with Gasteiger partial charge in [0.1, 0.15) is 0 Å². The van der Waals surface area contributed by atoms with E-state index in [1.807, 2.05) is 0 Å². The van der Waals surface area contributed by atoms with E-state index in [-0.39, 0.29) is 12.3 Å². The van der Waals surface area contributed by atoms with Gasteiger partial charge < -0.3 is 16.2 Å². The third-order valence-corrected chi connectivity index (χ3v) is 2.56. The molecule has 0 aromatic heterocycles. The van der Waals surface area contributed by atoms with Gasteiger partial charge in [0.25, 0.3) is 5.69 Å². The number of nitro benzene ring substituents is 1. The molecule has 1 aromatic carbocycles. The van der Waals surface area contributed by atoms with Gasteiger partial charge in [-0.05, 0) is 18.9 Å². The SMILES string of the molecule is Nc1cc(NCCCCCCO)cc([N+](=O)[O-])c1. The monoisotopic (exact) mass is 253 g/mol. The molecule has 0 radical (unpaired) electrons. The van der Waals surface area contributed by atoms with Gasteiger partial charge in [-0.3, -0.25) is 10.1 Å². The highest BCUT2D eigenvalue weighted by Crippen LogP contribution is 2.22. The minimum absolute atomic E-state index is 0.00206. The molecule has 6 nitrogen and oxygen atoms in total. The first-order valence-electron chi connectivity index (χ1n) is 6.03. The van der Waals surface area contributed by atoms with Crippen LogP contribution in [0.2, 0.25) is 0 Å². The van der Waals surface area contributed by atoms with Crippen LogP contribution in [0.25, 0.3) is 0 Å². The second-order valence-corrected chi connectivity index (χ2v) is 4.13. The number of rotatable bonds is 8. The van der Waals surface area contributed by atoms with E-state index in [0.717, 1.165) is 32.2 Å². The van der Waals surface area contributed by atoms with Crippen LogP contribution in [-0.4, -0.2) is 23.2 Å². The Morgan fingerprint density at radius 3 is 2.61 bits per heavy atom. The minimum Gasteiger partial charge on any atom is -0.398 e. The van der Waals surface area contributed by atoms with Crippen LogP contribution in [0.4, 0.5) is 17.1 Å². The van der Waals surface area contributed by atoms with E-state index in [9.17, 15) is 10.1 Å². The van der Waals surface area contributed by atoms with Crippen molar-refractivity contribution < 1.29 is 10.0 Å². The minimum atomic E-state index is -0.456. The van der Waals surface area contributed by atoms with Gasteiger partial charge in [-0.1, -0.05) is 12.8 Å². The summed E-state index contributed by atoms with van der Waals surface area (Å²) in [5.41, 5.74) is 6.64. The van der Waals surface area contributed by atoms with Crippen molar-refractivity contribution >= 4 is 17.1 Å². The predicted octanol–water partition coefficient (Wildman–Crippen LogP) is 2.14. The fourth-order valence-corrected chi connectivity index (χ4v) is 1.67. The number of nitro groups is 1. The van der Waals surface area contributed by atoms with Crippen LogP contribution in [-0.2, 0) is 0 Å². The summed E-state index contributed by atoms with van der Waals surface area (Å²) in [5.74, 6) is 0. The van der Waals surface area contributed by atoms with Gasteiger partial charge in [-0.2, -0.15) is 0 Å². The molecule has 100 valence electrons. The molecule has 1 rings (SSSR count). The van der Waals surface area contributed by atoms with Crippen molar-refractivity contribution in [3.63, 3.8) is 0 Å². The van der Waals surface area contributed by atoms with Crippen molar-refractivity contribution in [1.29, 1.82) is 0 Å². The van der Waals surface area contributed by atoms with Crippen LogP contribution < -0.4 is 11.1 Å². The quantitative estimate of drug-likeness (QED) is 0.285. The van der Waals surface area contributed by atoms with E-state index in [1.54, 1.807) is 6.07 Å². The Kier molecular flexibility index (Phi) is 5.93. The summed E-state index contributed by atoms with van der Waals surface area (Å²) >= 11 is 0. The normalized spacial score (nSPS) is 10.3. The Morgan fingerprint density at radius 1 is 1.22 bits per heavy atom. The zero-order chi connectivity index (χ0) is 13.4. The van der Waals surface area contributed by atoms with Gasteiger partial charge in [-0.25, -0.2) is 0 Å². The maximum Gasteiger partial charge on any atom is 0.273 e. The number of unbranched alkanes of at least 4 members (excludes halogenated alkanes) is 3. The van der Waals surface area contributed by atoms with Gasteiger partial charge in [-0.15, -0.1) is 0 Å². The van der Waals surface area contributed by atoms with Crippen molar-refractivity contribution in [2.75, 3.05) is 24.2 Å². The smallest absolute Gasteiger partial charge is 0.273 e. The molecule has 0 aliphatic heterocycles. The van der Waals surface area contributed by atoms with Crippen molar-refractivity contribution in [3.8, 4) is 0 Å². The number of aliphatic hydroxyl groups is 1. The molecule has 0 saturated carbocycles. The van der Waals surface area contributed by atoms with Crippen molar-refractivity contribution in [3.05, 3.63) is 28.3 Å². The molecule has 0 bridgehead atoms. The summed E-state index contributed by atoms with van der Waals surface area (Å²) in [5, 5.41) is 22.4.